The van der Waals surface area contributed by atoms with E-state index in [-0.39, 0.29) is 24.4 Å². The molecule has 1 heterocycles. The minimum Gasteiger partial charge on any atom is -0.353 e. The highest BCUT2D eigenvalue weighted by Crippen LogP contribution is 2.15. The average Bonchev–Trinajstić information content (AvgIpc) is 2.39. The largest absolute Gasteiger partial charge is 0.353 e. The Morgan fingerprint density at radius 3 is 3.00 bits per heavy atom. The highest BCUT2D eigenvalue weighted by atomic mass is 35.5. The molecule has 1 fully saturated rings. The van der Waals surface area contributed by atoms with Crippen molar-refractivity contribution in [1.29, 1.82) is 0 Å². The maximum absolute atomic E-state index is 12.0. The summed E-state index contributed by atoms with van der Waals surface area (Å²) in [6.07, 6.45) is 2.77. The van der Waals surface area contributed by atoms with Crippen LogP contribution in [0.5, 0.6) is 0 Å². The van der Waals surface area contributed by atoms with E-state index < -0.39 is 0 Å². The quantitative estimate of drug-likeness (QED) is 0.896. The first-order valence-electron chi connectivity index (χ1n) is 6.89. The number of nitrogens with one attached hydrogen (secondary N) is 2. The van der Waals surface area contributed by atoms with Crippen molar-refractivity contribution in [3.63, 3.8) is 0 Å². The Morgan fingerprint density at radius 2 is 2.35 bits per heavy atom. The maximum atomic E-state index is 12.0. The van der Waals surface area contributed by atoms with Gasteiger partial charge in [-0.05, 0) is 56.5 Å². The number of hydrogen-bond donors (Lipinski definition) is 2. The van der Waals surface area contributed by atoms with Gasteiger partial charge in [0.2, 0.25) is 5.91 Å². The Bertz CT molecular complexity index is 434. The predicted molar refractivity (Wildman–Crippen MR) is 85.6 cm³/mol. The van der Waals surface area contributed by atoms with Gasteiger partial charge in [-0.25, -0.2) is 0 Å². The molecule has 1 amide bonds. The second-order valence-corrected chi connectivity index (χ2v) is 5.71. The molecule has 0 radical (unpaired) electrons. The molecule has 112 valence electrons. The van der Waals surface area contributed by atoms with E-state index in [9.17, 15) is 4.79 Å². The molecule has 0 aromatic heterocycles. The van der Waals surface area contributed by atoms with Crippen LogP contribution < -0.4 is 10.6 Å². The Labute approximate surface area is 131 Å². The van der Waals surface area contributed by atoms with Gasteiger partial charge in [-0.1, -0.05) is 23.7 Å². The van der Waals surface area contributed by atoms with Gasteiger partial charge in [-0.2, -0.15) is 0 Å². The van der Waals surface area contributed by atoms with E-state index in [1.54, 1.807) is 0 Å². The van der Waals surface area contributed by atoms with Crippen molar-refractivity contribution in [2.24, 2.45) is 5.92 Å². The summed E-state index contributed by atoms with van der Waals surface area (Å²) in [6, 6.07) is 7.69. The SMILES string of the molecule is CC(NC(=O)Cc1cccc(Cl)c1)C1CCCNC1.Cl. The van der Waals surface area contributed by atoms with Gasteiger partial charge in [-0.3, -0.25) is 4.79 Å². The molecule has 0 spiro atoms. The lowest BCUT2D eigenvalue weighted by atomic mass is 9.92. The number of carbonyl (C=O) groups is 1. The van der Waals surface area contributed by atoms with Crippen molar-refractivity contribution >= 4 is 29.9 Å². The van der Waals surface area contributed by atoms with E-state index in [0.29, 0.717) is 17.4 Å². The number of hydrogen-bond acceptors (Lipinski definition) is 2. The van der Waals surface area contributed by atoms with Gasteiger partial charge in [0.15, 0.2) is 0 Å². The second kappa shape index (κ2) is 8.50. The van der Waals surface area contributed by atoms with E-state index >= 15 is 0 Å². The summed E-state index contributed by atoms with van der Waals surface area (Å²) >= 11 is 5.92. The summed E-state index contributed by atoms with van der Waals surface area (Å²) in [6.45, 7) is 4.19. The first-order valence-corrected chi connectivity index (χ1v) is 7.27. The van der Waals surface area contributed by atoms with Crippen LogP contribution in [-0.4, -0.2) is 25.0 Å². The monoisotopic (exact) mass is 316 g/mol. The Balaban J connectivity index is 0.00000200. The molecule has 1 aromatic carbocycles. The van der Waals surface area contributed by atoms with Gasteiger partial charge < -0.3 is 10.6 Å². The van der Waals surface area contributed by atoms with Crippen molar-refractivity contribution < 1.29 is 4.79 Å². The van der Waals surface area contributed by atoms with Crippen LogP contribution in [0.2, 0.25) is 5.02 Å². The first-order chi connectivity index (χ1) is 9.15. The third-order valence-corrected chi connectivity index (χ3v) is 3.92. The maximum Gasteiger partial charge on any atom is 0.224 e. The molecule has 1 aromatic rings. The lowest BCUT2D eigenvalue weighted by molar-refractivity contribution is -0.121. The van der Waals surface area contributed by atoms with Crippen LogP contribution >= 0.6 is 24.0 Å². The second-order valence-electron chi connectivity index (χ2n) is 5.27. The summed E-state index contributed by atoms with van der Waals surface area (Å²) in [7, 11) is 0. The molecule has 3 nitrogen and oxygen atoms in total. The summed E-state index contributed by atoms with van der Waals surface area (Å²) in [4.78, 5) is 12.0. The number of rotatable bonds is 4. The number of carbonyl (C=O) groups excluding carboxylic acids is 1. The number of benzene rings is 1. The smallest absolute Gasteiger partial charge is 0.224 e. The fraction of sp³-hybridized carbons (Fsp3) is 0.533. The van der Waals surface area contributed by atoms with E-state index in [2.05, 4.69) is 17.6 Å². The van der Waals surface area contributed by atoms with Crippen LogP contribution in [0, 0.1) is 5.92 Å². The van der Waals surface area contributed by atoms with Crippen molar-refractivity contribution in [2.45, 2.75) is 32.2 Å². The minimum absolute atomic E-state index is 0. The van der Waals surface area contributed by atoms with Crippen LogP contribution in [0.3, 0.4) is 0 Å². The summed E-state index contributed by atoms with van der Waals surface area (Å²) in [5.74, 6) is 0.609. The van der Waals surface area contributed by atoms with Gasteiger partial charge in [0.25, 0.3) is 0 Å². The lowest BCUT2D eigenvalue weighted by Gasteiger charge is -2.29. The van der Waals surface area contributed by atoms with Gasteiger partial charge in [0, 0.05) is 11.1 Å². The predicted octanol–water partition coefficient (Wildman–Crippen LogP) is 2.81. The number of halogens is 2. The molecule has 1 aliphatic heterocycles. The lowest BCUT2D eigenvalue weighted by Crippen LogP contribution is -2.45. The van der Waals surface area contributed by atoms with Crippen molar-refractivity contribution in [3.05, 3.63) is 34.9 Å². The van der Waals surface area contributed by atoms with Crippen LogP contribution in [-0.2, 0) is 11.2 Å². The first kappa shape index (κ1) is 17.3. The molecule has 0 saturated carbocycles. The minimum atomic E-state index is 0. The Hall–Kier alpha value is -0.770. The molecule has 0 bridgehead atoms. The fourth-order valence-electron chi connectivity index (χ4n) is 2.56. The third-order valence-electron chi connectivity index (χ3n) is 3.68. The number of amides is 1. The standard InChI is InChI=1S/C15H21ClN2O.ClH/c1-11(13-5-3-7-17-10-13)18-15(19)9-12-4-2-6-14(16)8-12;/h2,4,6,8,11,13,17H,3,5,7,9-10H2,1H3,(H,18,19);1H. The normalized spacial score (nSPS) is 19.8. The highest BCUT2D eigenvalue weighted by molar-refractivity contribution is 6.30. The molecular formula is C15H22Cl2N2O. The Morgan fingerprint density at radius 1 is 1.55 bits per heavy atom. The zero-order chi connectivity index (χ0) is 13.7. The van der Waals surface area contributed by atoms with Crippen molar-refractivity contribution in [3.8, 4) is 0 Å². The van der Waals surface area contributed by atoms with Gasteiger partial charge in [-0.15, -0.1) is 12.4 Å². The van der Waals surface area contributed by atoms with Crippen molar-refractivity contribution in [1.82, 2.24) is 10.6 Å². The molecule has 2 atom stereocenters. The molecule has 5 heteroatoms. The third kappa shape index (κ3) is 5.31. The topological polar surface area (TPSA) is 41.1 Å². The van der Waals surface area contributed by atoms with Crippen LogP contribution in [0.4, 0.5) is 0 Å². The molecule has 1 saturated heterocycles. The Kier molecular flexibility index (Phi) is 7.35. The molecule has 1 aliphatic rings. The fourth-order valence-corrected chi connectivity index (χ4v) is 2.77. The molecule has 2 N–H and O–H groups in total. The molecule has 2 unspecified atom stereocenters. The summed E-state index contributed by atoms with van der Waals surface area (Å²) in [5.41, 5.74) is 0.957. The van der Waals surface area contributed by atoms with E-state index in [1.807, 2.05) is 24.3 Å². The van der Waals surface area contributed by atoms with Crippen LogP contribution in [0.25, 0.3) is 0 Å². The highest BCUT2D eigenvalue weighted by Gasteiger charge is 2.21. The van der Waals surface area contributed by atoms with Crippen LogP contribution in [0.15, 0.2) is 24.3 Å². The van der Waals surface area contributed by atoms with E-state index in [4.69, 9.17) is 11.6 Å². The zero-order valence-corrected chi connectivity index (χ0v) is 13.3. The van der Waals surface area contributed by atoms with Crippen LogP contribution in [0.1, 0.15) is 25.3 Å². The van der Waals surface area contributed by atoms with Gasteiger partial charge >= 0.3 is 0 Å². The molecule has 2 rings (SSSR count). The van der Waals surface area contributed by atoms with Gasteiger partial charge in [0.05, 0.1) is 6.42 Å². The van der Waals surface area contributed by atoms with E-state index in [1.165, 1.54) is 12.8 Å². The number of piperidine rings is 1. The summed E-state index contributed by atoms with van der Waals surface area (Å²) < 4.78 is 0. The zero-order valence-electron chi connectivity index (χ0n) is 11.7. The summed E-state index contributed by atoms with van der Waals surface area (Å²) in [5, 5.41) is 7.15. The van der Waals surface area contributed by atoms with E-state index in [0.717, 1.165) is 18.7 Å². The average molecular weight is 317 g/mol. The van der Waals surface area contributed by atoms with Gasteiger partial charge in [0.1, 0.15) is 0 Å². The molecule has 0 aliphatic carbocycles. The van der Waals surface area contributed by atoms with Crippen molar-refractivity contribution in [2.75, 3.05) is 13.1 Å². The molecule has 20 heavy (non-hydrogen) atoms. The molecular weight excluding hydrogens is 295 g/mol.